The normalized spacial score (nSPS) is 11.3. The van der Waals surface area contributed by atoms with Gasteiger partial charge in [-0.1, -0.05) is 35.9 Å². The third-order valence-corrected chi connectivity index (χ3v) is 2.60. The predicted molar refractivity (Wildman–Crippen MR) is 71.5 cm³/mol. The number of benzene rings is 1. The van der Waals surface area contributed by atoms with E-state index < -0.39 is 0 Å². The summed E-state index contributed by atoms with van der Waals surface area (Å²) in [5, 5.41) is 4.94. The molecule has 0 aliphatic rings. The van der Waals surface area contributed by atoms with E-state index in [-0.39, 0.29) is 0 Å². The molecular formula is C13H12ClN3. The molecular weight excluding hydrogens is 234 g/mol. The Morgan fingerprint density at radius 1 is 1.18 bits per heavy atom. The fourth-order valence-electron chi connectivity index (χ4n) is 1.38. The van der Waals surface area contributed by atoms with Crippen LogP contribution in [0.15, 0.2) is 53.8 Å². The van der Waals surface area contributed by atoms with Crippen LogP contribution in [0.3, 0.4) is 0 Å². The number of pyridine rings is 1. The van der Waals surface area contributed by atoms with Crippen molar-refractivity contribution in [1.82, 2.24) is 4.98 Å². The Morgan fingerprint density at radius 2 is 1.94 bits per heavy atom. The Kier molecular flexibility index (Phi) is 3.73. The maximum absolute atomic E-state index is 6.08. The van der Waals surface area contributed by atoms with E-state index in [0.717, 1.165) is 11.3 Å². The Hall–Kier alpha value is -1.87. The van der Waals surface area contributed by atoms with Crippen LogP contribution in [-0.2, 0) is 0 Å². The minimum absolute atomic E-state index is 0.691. The lowest BCUT2D eigenvalue weighted by Gasteiger charge is -2.04. The van der Waals surface area contributed by atoms with E-state index in [1.54, 1.807) is 6.20 Å². The second-order valence-corrected chi connectivity index (χ2v) is 3.91. The lowest BCUT2D eigenvalue weighted by atomic mass is 10.1. The molecule has 0 fully saturated rings. The van der Waals surface area contributed by atoms with Gasteiger partial charge in [0.15, 0.2) is 0 Å². The molecule has 0 aliphatic heterocycles. The van der Waals surface area contributed by atoms with Gasteiger partial charge >= 0.3 is 0 Å². The van der Waals surface area contributed by atoms with Crippen LogP contribution in [-0.4, -0.2) is 10.7 Å². The highest BCUT2D eigenvalue weighted by atomic mass is 35.5. The van der Waals surface area contributed by atoms with Crippen molar-refractivity contribution in [2.45, 2.75) is 6.92 Å². The predicted octanol–water partition coefficient (Wildman–Crippen LogP) is 3.57. The molecule has 0 saturated heterocycles. The summed E-state index contributed by atoms with van der Waals surface area (Å²) in [6.07, 6.45) is 1.71. The molecule has 0 saturated carbocycles. The molecule has 86 valence electrons. The van der Waals surface area contributed by atoms with Crippen molar-refractivity contribution in [1.29, 1.82) is 0 Å². The minimum Gasteiger partial charge on any atom is -0.261 e. The molecule has 17 heavy (non-hydrogen) atoms. The summed E-state index contributed by atoms with van der Waals surface area (Å²) in [4.78, 5) is 4.12. The Morgan fingerprint density at radius 3 is 2.65 bits per heavy atom. The monoisotopic (exact) mass is 245 g/mol. The first-order chi connectivity index (χ1) is 8.27. The summed E-state index contributed by atoms with van der Waals surface area (Å²) in [5.74, 6) is 0.707. The number of hydrazone groups is 1. The zero-order valence-electron chi connectivity index (χ0n) is 9.39. The molecule has 0 spiro atoms. The summed E-state index contributed by atoms with van der Waals surface area (Å²) >= 11 is 6.08. The molecule has 0 bridgehead atoms. The van der Waals surface area contributed by atoms with E-state index in [1.165, 1.54) is 0 Å². The fraction of sp³-hybridized carbons (Fsp3) is 0.0769. The molecule has 2 rings (SSSR count). The van der Waals surface area contributed by atoms with Gasteiger partial charge < -0.3 is 0 Å². The molecule has 4 heteroatoms. The van der Waals surface area contributed by atoms with Gasteiger partial charge in [0.2, 0.25) is 0 Å². The van der Waals surface area contributed by atoms with Gasteiger partial charge in [-0.3, -0.25) is 5.43 Å². The lowest BCUT2D eigenvalue weighted by molar-refractivity contribution is 1.22. The summed E-state index contributed by atoms with van der Waals surface area (Å²) in [5.41, 5.74) is 4.62. The third-order valence-electron chi connectivity index (χ3n) is 2.27. The topological polar surface area (TPSA) is 37.3 Å². The number of rotatable bonds is 3. The van der Waals surface area contributed by atoms with Gasteiger partial charge in [0.1, 0.15) is 5.82 Å². The highest BCUT2D eigenvalue weighted by Crippen LogP contribution is 2.15. The first kappa shape index (κ1) is 11.6. The maximum Gasteiger partial charge on any atom is 0.146 e. The molecule has 0 radical (unpaired) electrons. The van der Waals surface area contributed by atoms with E-state index in [1.807, 2.05) is 49.4 Å². The van der Waals surface area contributed by atoms with Crippen LogP contribution < -0.4 is 5.43 Å². The van der Waals surface area contributed by atoms with Crippen LogP contribution in [0, 0.1) is 0 Å². The van der Waals surface area contributed by atoms with Crippen molar-refractivity contribution in [3.63, 3.8) is 0 Å². The number of halogens is 1. The standard InChI is InChI=1S/C13H12ClN3/c1-10(11-6-2-3-7-12(11)14)16-17-13-8-4-5-9-15-13/h2-9H,1H3,(H,15,17)/b16-10-. The average Bonchev–Trinajstić information content (AvgIpc) is 2.38. The van der Waals surface area contributed by atoms with Crippen molar-refractivity contribution in [3.8, 4) is 0 Å². The smallest absolute Gasteiger partial charge is 0.146 e. The van der Waals surface area contributed by atoms with Gasteiger partial charge in [-0.2, -0.15) is 5.10 Å². The van der Waals surface area contributed by atoms with Crippen molar-refractivity contribution >= 4 is 23.1 Å². The van der Waals surface area contributed by atoms with Crippen LogP contribution >= 0.6 is 11.6 Å². The average molecular weight is 246 g/mol. The highest BCUT2D eigenvalue weighted by molar-refractivity contribution is 6.34. The molecule has 1 heterocycles. The second kappa shape index (κ2) is 5.46. The van der Waals surface area contributed by atoms with Crippen molar-refractivity contribution in [2.75, 3.05) is 5.43 Å². The fourth-order valence-corrected chi connectivity index (χ4v) is 1.66. The van der Waals surface area contributed by atoms with Gasteiger partial charge in [-0.25, -0.2) is 4.98 Å². The number of nitrogens with zero attached hydrogens (tertiary/aromatic N) is 2. The molecule has 1 N–H and O–H groups in total. The van der Waals surface area contributed by atoms with Gasteiger partial charge in [0, 0.05) is 16.8 Å². The zero-order valence-corrected chi connectivity index (χ0v) is 10.1. The van der Waals surface area contributed by atoms with Gasteiger partial charge in [0.25, 0.3) is 0 Å². The number of aromatic nitrogens is 1. The molecule has 0 amide bonds. The van der Waals surface area contributed by atoms with Crippen LogP contribution in [0.5, 0.6) is 0 Å². The first-order valence-corrected chi connectivity index (χ1v) is 5.61. The molecule has 0 aliphatic carbocycles. The lowest BCUT2D eigenvalue weighted by Crippen LogP contribution is -2.01. The number of anilines is 1. The SMILES string of the molecule is C/C(=N/Nc1ccccn1)c1ccccc1Cl. The highest BCUT2D eigenvalue weighted by Gasteiger charge is 2.02. The van der Waals surface area contributed by atoms with Crippen molar-refractivity contribution < 1.29 is 0 Å². The molecule has 1 aromatic carbocycles. The molecule has 3 nitrogen and oxygen atoms in total. The molecule has 0 atom stereocenters. The van der Waals surface area contributed by atoms with Gasteiger partial charge in [0.05, 0.1) is 5.71 Å². The Bertz CT molecular complexity index is 523. The van der Waals surface area contributed by atoms with Crippen molar-refractivity contribution in [2.24, 2.45) is 5.10 Å². The van der Waals surface area contributed by atoms with E-state index in [4.69, 9.17) is 11.6 Å². The minimum atomic E-state index is 0.691. The van der Waals surface area contributed by atoms with E-state index >= 15 is 0 Å². The van der Waals surface area contributed by atoms with Crippen LogP contribution in [0.2, 0.25) is 5.02 Å². The van der Waals surface area contributed by atoms with Gasteiger partial charge in [-0.15, -0.1) is 0 Å². The van der Waals surface area contributed by atoms with E-state index in [9.17, 15) is 0 Å². The Balaban J connectivity index is 2.16. The number of hydrogen-bond donors (Lipinski definition) is 1. The summed E-state index contributed by atoms with van der Waals surface area (Å²) in [7, 11) is 0. The van der Waals surface area contributed by atoms with Crippen LogP contribution in [0.1, 0.15) is 12.5 Å². The molecule has 1 aromatic heterocycles. The summed E-state index contributed by atoms with van der Waals surface area (Å²) < 4.78 is 0. The second-order valence-electron chi connectivity index (χ2n) is 3.50. The van der Waals surface area contributed by atoms with Crippen LogP contribution in [0.25, 0.3) is 0 Å². The van der Waals surface area contributed by atoms with Gasteiger partial charge in [-0.05, 0) is 25.1 Å². The zero-order chi connectivity index (χ0) is 12.1. The van der Waals surface area contributed by atoms with Crippen molar-refractivity contribution in [3.05, 3.63) is 59.2 Å². The Labute approximate surface area is 105 Å². The quantitative estimate of drug-likeness (QED) is 0.663. The number of hydrogen-bond acceptors (Lipinski definition) is 3. The summed E-state index contributed by atoms with van der Waals surface area (Å²) in [6.45, 7) is 1.90. The first-order valence-electron chi connectivity index (χ1n) is 5.23. The van der Waals surface area contributed by atoms with E-state index in [2.05, 4.69) is 15.5 Å². The molecule has 2 aromatic rings. The molecule has 0 unspecified atom stereocenters. The van der Waals surface area contributed by atoms with E-state index in [0.29, 0.717) is 10.8 Å². The maximum atomic E-state index is 6.08. The summed E-state index contributed by atoms with van der Waals surface area (Å²) in [6, 6.07) is 13.2. The van der Waals surface area contributed by atoms with Crippen LogP contribution in [0.4, 0.5) is 5.82 Å². The largest absolute Gasteiger partial charge is 0.261 e. The number of nitrogens with one attached hydrogen (secondary N) is 1. The third kappa shape index (κ3) is 3.04.